The molecule has 17 nitrogen and oxygen atoms in total. The largest absolute Gasteiger partial charge is 0.504 e. The zero-order chi connectivity index (χ0) is 44.8. The van der Waals surface area contributed by atoms with Crippen LogP contribution in [0.3, 0.4) is 0 Å². The molecule has 18 heteroatoms. The summed E-state index contributed by atoms with van der Waals surface area (Å²) in [5.41, 5.74) is 7.33. The third-order valence-electron chi connectivity index (χ3n) is 9.29. The Kier molecular flexibility index (Phi) is 12.6. The van der Waals surface area contributed by atoms with Crippen LogP contribution in [0, 0.1) is 17.1 Å². The number of amides is 5. The SMILES string of the molecule is CC(C)Oc1c(C(=O)Nc2ccc(NC(=O)[C@H](CC(N)=O)NC(=O)c3ccc(-c4nc5ccc(C#N)cc5n4C)cc3)cc2F)ccc(C(=O)Nc2ccc(C(=O)O)cc2)c1O. The molecule has 62 heavy (non-hydrogen) atoms. The van der Waals surface area contributed by atoms with E-state index >= 15 is 4.39 Å². The first-order valence-electron chi connectivity index (χ1n) is 18.7. The van der Waals surface area contributed by atoms with Crippen LogP contribution in [0.4, 0.5) is 21.5 Å². The maximum atomic E-state index is 15.4. The lowest BCUT2D eigenvalue weighted by atomic mass is 10.1. The van der Waals surface area contributed by atoms with Gasteiger partial charge in [0.25, 0.3) is 17.7 Å². The molecule has 314 valence electrons. The molecule has 0 radical (unpaired) electrons. The van der Waals surface area contributed by atoms with E-state index in [2.05, 4.69) is 32.3 Å². The molecule has 0 aliphatic heterocycles. The third-order valence-corrected chi connectivity index (χ3v) is 9.29. The number of fused-ring (bicyclic) bond motifs is 1. The molecule has 0 spiro atoms. The van der Waals surface area contributed by atoms with Crippen molar-refractivity contribution in [2.45, 2.75) is 32.4 Å². The van der Waals surface area contributed by atoms with Crippen LogP contribution in [0.25, 0.3) is 22.4 Å². The number of aryl methyl sites for hydroxylation is 1. The van der Waals surface area contributed by atoms with Crippen LogP contribution in [-0.2, 0) is 16.6 Å². The lowest BCUT2D eigenvalue weighted by Gasteiger charge is -2.19. The number of aromatic hydroxyl groups is 1. The normalized spacial score (nSPS) is 11.3. The number of anilines is 3. The van der Waals surface area contributed by atoms with Crippen LogP contribution >= 0.6 is 0 Å². The summed E-state index contributed by atoms with van der Waals surface area (Å²) < 4.78 is 22.9. The van der Waals surface area contributed by atoms with E-state index in [9.17, 15) is 39.1 Å². The molecule has 6 aromatic rings. The second-order valence-corrected chi connectivity index (χ2v) is 14.1. The summed E-state index contributed by atoms with van der Waals surface area (Å²) in [6.07, 6.45) is -1.18. The Labute approximate surface area is 351 Å². The van der Waals surface area contributed by atoms with Crippen LogP contribution in [0.2, 0.25) is 0 Å². The van der Waals surface area contributed by atoms with Gasteiger partial charge in [-0.25, -0.2) is 14.2 Å². The molecule has 0 saturated carbocycles. The number of carboxylic acid groups (broad SMARTS) is 1. The number of benzene rings is 5. The number of halogens is 1. The van der Waals surface area contributed by atoms with Crippen LogP contribution < -0.4 is 31.7 Å². The minimum absolute atomic E-state index is 0.00564. The van der Waals surface area contributed by atoms with Crippen molar-refractivity contribution in [1.82, 2.24) is 14.9 Å². The fourth-order valence-electron chi connectivity index (χ4n) is 6.24. The molecule has 0 fully saturated rings. The van der Waals surface area contributed by atoms with Gasteiger partial charge in [0, 0.05) is 29.5 Å². The molecular formula is C44H37FN8O9. The quantitative estimate of drug-likeness (QED) is 0.0714. The molecule has 5 aromatic carbocycles. The summed E-state index contributed by atoms with van der Waals surface area (Å²) in [5, 5.41) is 39.3. The van der Waals surface area contributed by atoms with Crippen molar-refractivity contribution in [3.8, 4) is 29.0 Å². The predicted molar refractivity (Wildman–Crippen MR) is 224 cm³/mol. The lowest BCUT2D eigenvalue weighted by molar-refractivity contribution is -0.123. The number of rotatable bonds is 14. The Balaban J connectivity index is 1.12. The van der Waals surface area contributed by atoms with Crippen molar-refractivity contribution in [3.63, 3.8) is 0 Å². The highest BCUT2D eigenvalue weighted by molar-refractivity contribution is 6.11. The van der Waals surface area contributed by atoms with Crippen molar-refractivity contribution < 1.29 is 48.1 Å². The predicted octanol–water partition coefficient (Wildman–Crippen LogP) is 5.56. The Bertz CT molecular complexity index is 2820. The van der Waals surface area contributed by atoms with Gasteiger partial charge >= 0.3 is 5.97 Å². The van der Waals surface area contributed by atoms with E-state index < -0.39 is 65.6 Å². The van der Waals surface area contributed by atoms with Gasteiger partial charge in [-0.1, -0.05) is 12.1 Å². The molecule has 0 aliphatic rings. The highest BCUT2D eigenvalue weighted by atomic mass is 19.1. The molecular weight excluding hydrogens is 804 g/mol. The number of hydrogen-bond donors (Lipinski definition) is 7. The molecule has 8 N–H and O–H groups in total. The fraction of sp³-hybridized carbons (Fsp3) is 0.136. The van der Waals surface area contributed by atoms with Crippen molar-refractivity contribution in [1.29, 1.82) is 5.26 Å². The number of ether oxygens (including phenoxy) is 1. The number of hydrogen-bond acceptors (Lipinski definition) is 10. The summed E-state index contributed by atoms with van der Waals surface area (Å²) in [6, 6.07) is 22.9. The summed E-state index contributed by atoms with van der Waals surface area (Å²) in [5.74, 6) is -6.87. The minimum atomic E-state index is -1.47. The van der Waals surface area contributed by atoms with Gasteiger partial charge in [-0.15, -0.1) is 0 Å². The lowest BCUT2D eigenvalue weighted by Crippen LogP contribution is -2.46. The van der Waals surface area contributed by atoms with Gasteiger partial charge in [-0.2, -0.15) is 5.26 Å². The molecule has 1 aromatic heterocycles. The van der Waals surface area contributed by atoms with E-state index in [1.54, 1.807) is 51.2 Å². The number of imidazole rings is 1. The van der Waals surface area contributed by atoms with E-state index in [0.717, 1.165) is 23.7 Å². The average Bonchev–Trinajstić information content (AvgIpc) is 3.56. The van der Waals surface area contributed by atoms with E-state index in [4.69, 9.17) is 15.6 Å². The number of aromatic nitrogens is 2. The Morgan fingerprint density at radius 3 is 2.10 bits per heavy atom. The van der Waals surface area contributed by atoms with Crippen molar-refractivity contribution in [2.24, 2.45) is 12.8 Å². The molecule has 1 heterocycles. The second kappa shape index (κ2) is 18.1. The van der Waals surface area contributed by atoms with Crippen molar-refractivity contribution >= 4 is 63.6 Å². The maximum Gasteiger partial charge on any atom is 0.335 e. The Morgan fingerprint density at radius 2 is 1.47 bits per heavy atom. The van der Waals surface area contributed by atoms with Crippen molar-refractivity contribution in [2.75, 3.05) is 16.0 Å². The summed E-state index contributed by atoms with van der Waals surface area (Å²) in [4.78, 5) is 80.7. The average molecular weight is 841 g/mol. The number of carbonyl (C=O) groups excluding carboxylic acids is 5. The monoisotopic (exact) mass is 840 g/mol. The van der Waals surface area contributed by atoms with E-state index in [1.165, 1.54) is 48.5 Å². The van der Waals surface area contributed by atoms with E-state index in [0.29, 0.717) is 22.5 Å². The van der Waals surface area contributed by atoms with Gasteiger partial charge in [0.05, 0.1) is 57.6 Å². The van der Waals surface area contributed by atoms with Gasteiger partial charge in [0.1, 0.15) is 17.7 Å². The highest BCUT2D eigenvalue weighted by Gasteiger charge is 2.27. The van der Waals surface area contributed by atoms with Crippen molar-refractivity contribution in [3.05, 3.63) is 131 Å². The van der Waals surface area contributed by atoms with Gasteiger partial charge in [-0.05, 0) is 98.8 Å². The molecule has 0 bridgehead atoms. The molecule has 0 unspecified atom stereocenters. The fourth-order valence-corrected chi connectivity index (χ4v) is 6.24. The summed E-state index contributed by atoms with van der Waals surface area (Å²) in [6.45, 7) is 3.22. The maximum absolute atomic E-state index is 15.4. The Morgan fingerprint density at radius 1 is 0.823 bits per heavy atom. The third kappa shape index (κ3) is 9.64. The van der Waals surface area contributed by atoms with E-state index in [1.807, 2.05) is 4.57 Å². The first-order chi connectivity index (χ1) is 29.5. The number of nitrogens with zero attached hydrogens (tertiary/aromatic N) is 3. The first-order valence-corrected chi connectivity index (χ1v) is 18.7. The number of primary amides is 1. The zero-order valence-corrected chi connectivity index (χ0v) is 33.1. The minimum Gasteiger partial charge on any atom is -0.504 e. The molecule has 6 rings (SSSR count). The summed E-state index contributed by atoms with van der Waals surface area (Å²) >= 11 is 0. The number of aromatic carboxylic acids is 1. The number of carboxylic acids is 1. The second-order valence-electron chi connectivity index (χ2n) is 14.1. The molecule has 0 saturated heterocycles. The first kappa shape index (κ1) is 43.0. The standard InChI is InChI=1S/C44H37FN8O9/c1-22(2)62-38-30(15-14-29(37(38)55)41(57)48-27-11-9-26(10-12-27)44(60)61)42(58)51-32-17-13-28(19-31(32)45)49-43(59)34(20-36(47)54)52-40(56)25-7-5-24(6-8-25)39-50-33-16-4-23(21-46)18-35(33)53(39)3/h4-19,22,34,55H,20H2,1-3H3,(H2,47,54)(H,48,57)(H,49,59)(H,51,58)(H,52,56)(H,60,61)/t34-/m0/s1. The van der Waals surface area contributed by atoms with Gasteiger partial charge in [0.2, 0.25) is 11.8 Å². The number of nitrogens with one attached hydrogen (secondary N) is 4. The van der Waals surface area contributed by atoms with Crippen LogP contribution in [0.15, 0.2) is 97.1 Å². The zero-order valence-electron chi connectivity index (χ0n) is 33.1. The van der Waals surface area contributed by atoms with Gasteiger partial charge < -0.3 is 46.5 Å². The number of phenolic OH excluding ortho intramolecular Hbond substituents is 1. The van der Waals surface area contributed by atoms with E-state index in [-0.39, 0.29) is 45.1 Å². The van der Waals surface area contributed by atoms with Gasteiger partial charge in [-0.3, -0.25) is 24.0 Å². The molecule has 1 atom stereocenters. The molecule has 5 amide bonds. The Hall–Kier alpha value is -8.59. The smallest absolute Gasteiger partial charge is 0.335 e. The van der Waals surface area contributed by atoms with Gasteiger partial charge in [0.15, 0.2) is 11.5 Å². The highest BCUT2D eigenvalue weighted by Crippen LogP contribution is 2.36. The topological polar surface area (TPSA) is 268 Å². The van der Waals surface area contributed by atoms with Crippen LogP contribution in [0.1, 0.15) is 67.3 Å². The molecule has 0 aliphatic carbocycles. The number of phenols is 1. The number of carbonyl (C=O) groups is 6. The number of nitriles is 1. The summed E-state index contributed by atoms with van der Waals surface area (Å²) in [7, 11) is 1.79. The van der Waals surface area contributed by atoms with Crippen LogP contribution in [-0.4, -0.2) is 67.4 Å². The van der Waals surface area contributed by atoms with Crippen LogP contribution in [0.5, 0.6) is 11.5 Å². The number of nitrogens with two attached hydrogens (primary N) is 1.